The van der Waals surface area contributed by atoms with Crippen LogP contribution in [0.15, 0.2) is 24.3 Å². The van der Waals surface area contributed by atoms with Gasteiger partial charge in [-0.3, -0.25) is 9.69 Å². The predicted molar refractivity (Wildman–Crippen MR) is 100 cm³/mol. The van der Waals surface area contributed by atoms with Gasteiger partial charge >= 0.3 is 6.03 Å². The number of halogens is 1. The van der Waals surface area contributed by atoms with Crippen LogP contribution >= 0.6 is 0 Å². The highest BCUT2D eigenvalue weighted by Gasteiger charge is 2.53. The van der Waals surface area contributed by atoms with Crippen LogP contribution in [0.5, 0.6) is 0 Å². The van der Waals surface area contributed by atoms with Gasteiger partial charge in [0.25, 0.3) is 0 Å². The van der Waals surface area contributed by atoms with Crippen LogP contribution in [0.2, 0.25) is 0 Å². The molecular formula is C19H25FN4O5. The van der Waals surface area contributed by atoms with Crippen LogP contribution < -0.4 is 16.4 Å². The number of carbonyl (C=O) groups excluding carboxylic acids is 2. The third kappa shape index (κ3) is 4.20. The Bertz CT molecular complexity index is 755. The fourth-order valence-corrected chi connectivity index (χ4v) is 4.30. The van der Waals surface area contributed by atoms with E-state index < -0.39 is 42.4 Å². The lowest BCUT2D eigenvalue weighted by Crippen LogP contribution is -2.66. The van der Waals surface area contributed by atoms with Gasteiger partial charge in [0.2, 0.25) is 5.91 Å². The van der Waals surface area contributed by atoms with E-state index in [0.717, 1.165) is 0 Å². The van der Waals surface area contributed by atoms with E-state index in [0.29, 0.717) is 31.6 Å². The summed E-state index contributed by atoms with van der Waals surface area (Å²) in [5.41, 5.74) is 5.83. The Morgan fingerprint density at radius 2 is 1.90 bits per heavy atom. The van der Waals surface area contributed by atoms with E-state index in [1.165, 1.54) is 24.3 Å². The minimum atomic E-state index is -0.912. The number of hydrogen-bond acceptors (Lipinski definition) is 6. The number of nitrogens with two attached hydrogens (primary N) is 1. The maximum absolute atomic E-state index is 13.0. The second kappa shape index (κ2) is 8.23. The smallest absolute Gasteiger partial charge is 0.319 e. The number of fused-ring (bicyclic) bond motifs is 2. The van der Waals surface area contributed by atoms with Crippen molar-refractivity contribution in [2.45, 2.75) is 43.4 Å². The quantitative estimate of drug-likeness (QED) is 0.556. The van der Waals surface area contributed by atoms with Gasteiger partial charge in [-0.15, -0.1) is 0 Å². The first-order valence-corrected chi connectivity index (χ1v) is 9.74. The maximum atomic E-state index is 13.0. The summed E-state index contributed by atoms with van der Waals surface area (Å²) in [5, 5.41) is 16.4. The lowest BCUT2D eigenvalue weighted by molar-refractivity contribution is -0.184. The van der Waals surface area contributed by atoms with Gasteiger partial charge in [-0.2, -0.15) is 0 Å². The fraction of sp³-hybridized carbons (Fsp3) is 0.579. The summed E-state index contributed by atoms with van der Waals surface area (Å²) in [6.07, 6.45) is -0.743. The number of aliphatic hydroxyl groups excluding tert-OH is 1. The molecule has 1 aromatic carbocycles. The number of urea groups is 1. The Labute approximate surface area is 167 Å². The summed E-state index contributed by atoms with van der Waals surface area (Å²) < 4.78 is 24.6. The van der Waals surface area contributed by atoms with Crippen molar-refractivity contribution in [1.82, 2.24) is 10.2 Å². The van der Waals surface area contributed by atoms with Crippen molar-refractivity contribution in [2.24, 2.45) is 11.7 Å². The SMILES string of the molecule is NC(=O)C1CCN([C@H]2[C@@H]3OC[C@@H](O3)[C@@H](NC(=O)Nc3ccc(F)cc3)[C@@H]2O)CC1. The number of rotatable bonds is 4. The van der Waals surface area contributed by atoms with Gasteiger partial charge < -0.3 is 30.9 Å². The van der Waals surface area contributed by atoms with Crippen molar-refractivity contribution in [1.29, 1.82) is 0 Å². The van der Waals surface area contributed by atoms with Crippen LogP contribution in [-0.4, -0.2) is 72.2 Å². The number of nitrogens with zero attached hydrogens (tertiary/aromatic N) is 1. The largest absolute Gasteiger partial charge is 0.389 e. The molecule has 3 aliphatic rings. The highest BCUT2D eigenvalue weighted by atomic mass is 19.1. The molecule has 0 unspecified atom stereocenters. The van der Waals surface area contributed by atoms with Gasteiger partial charge in [-0.05, 0) is 50.2 Å². The Morgan fingerprint density at radius 1 is 1.21 bits per heavy atom. The molecule has 3 fully saturated rings. The number of carbonyl (C=O) groups is 2. The topological polar surface area (TPSA) is 126 Å². The minimum Gasteiger partial charge on any atom is -0.389 e. The lowest BCUT2D eigenvalue weighted by atomic mass is 9.90. The molecule has 3 heterocycles. The van der Waals surface area contributed by atoms with E-state index in [9.17, 15) is 19.1 Å². The summed E-state index contributed by atoms with van der Waals surface area (Å²) in [6, 6.07) is 3.73. The second-order valence-corrected chi connectivity index (χ2v) is 7.70. The highest BCUT2D eigenvalue weighted by molar-refractivity contribution is 5.89. The van der Waals surface area contributed by atoms with Crippen LogP contribution in [0.3, 0.4) is 0 Å². The fourth-order valence-electron chi connectivity index (χ4n) is 4.30. The number of likely N-dealkylation sites (tertiary alicyclic amines) is 1. The van der Waals surface area contributed by atoms with Crippen molar-refractivity contribution in [3.8, 4) is 0 Å². The van der Waals surface area contributed by atoms with Crippen molar-refractivity contribution >= 4 is 17.6 Å². The zero-order valence-electron chi connectivity index (χ0n) is 15.8. The molecule has 29 heavy (non-hydrogen) atoms. The summed E-state index contributed by atoms with van der Waals surface area (Å²) in [7, 11) is 0. The van der Waals surface area contributed by atoms with E-state index in [2.05, 4.69) is 10.6 Å². The number of piperidine rings is 1. The van der Waals surface area contributed by atoms with Gasteiger partial charge in [-0.25, -0.2) is 9.18 Å². The van der Waals surface area contributed by atoms with Crippen molar-refractivity contribution in [3.05, 3.63) is 30.1 Å². The molecule has 3 aliphatic heterocycles. The van der Waals surface area contributed by atoms with Gasteiger partial charge in [0.05, 0.1) is 24.8 Å². The number of amides is 3. The molecule has 3 amide bonds. The monoisotopic (exact) mass is 408 g/mol. The van der Waals surface area contributed by atoms with Crippen LogP contribution in [0.1, 0.15) is 12.8 Å². The first-order valence-electron chi connectivity index (χ1n) is 9.74. The van der Waals surface area contributed by atoms with Crippen molar-refractivity contribution in [2.75, 3.05) is 25.0 Å². The molecule has 2 bridgehead atoms. The number of ether oxygens (including phenoxy) is 2. The van der Waals surface area contributed by atoms with Crippen LogP contribution in [-0.2, 0) is 14.3 Å². The average molecular weight is 408 g/mol. The van der Waals surface area contributed by atoms with E-state index in [-0.39, 0.29) is 18.4 Å². The van der Waals surface area contributed by atoms with Gasteiger partial charge in [0, 0.05) is 11.6 Å². The van der Waals surface area contributed by atoms with Gasteiger partial charge in [0.15, 0.2) is 6.29 Å². The Hall–Kier alpha value is -2.27. The van der Waals surface area contributed by atoms with Gasteiger partial charge in [0.1, 0.15) is 11.9 Å². The molecule has 3 saturated heterocycles. The minimum absolute atomic E-state index is 0.166. The number of primary amides is 1. The molecule has 158 valence electrons. The first kappa shape index (κ1) is 20.0. The molecule has 5 N–H and O–H groups in total. The van der Waals surface area contributed by atoms with Crippen LogP contribution in [0.4, 0.5) is 14.9 Å². The number of benzene rings is 1. The molecule has 4 rings (SSSR count). The lowest BCUT2D eigenvalue weighted by Gasteiger charge is -2.45. The Balaban J connectivity index is 1.40. The van der Waals surface area contributed by atoms with Crippen LogP contribution in [0, 0.1) is 11.7 Å². The normalized spacial score (nSPS) is 32.7. The summed E-state index contributed by atoms with van der Waals surface area (Å²) in [5.74, 6) is -0.871. The number of aliphatic hydroxyl groups is 1. The van der Waals surface area contributed by atoms with E-state index >= 15 is 0 Å². The number of anilines is 1. The molecule has 0 saturated carbocycles. The zero-order valence-corrected chi connectivity index (χ0v) is 15.8. The first-order chi connectivity index (χ1) is 13.9. The molecule has 5 atom stereocenters. The molecule has 0 aliphatic carbocycles. The van der Waals surface area contributed by atoms with E-state index in [1.54, 1.807) is 0 Å². The van der Waals surface area contributed by atoms with E-state index in [4.69, 9.17) is 15.2 Å². The predicted octanol–water partition coefficient (Wildman–Crippen LogP) is -0.00230. The standard InChI is InChI=1S/C19H25FN4O5/c20-11-1-3-12(4-2-11)22-19(27)23-14-13-9-28-18(29-13)15(16(14)25)24-7-5-10(6-8-24)17(21)26/h1-4,10,13-16,18,25H,5-9H2,(H2,21,26)(H2,22,23,27)/t13-,14-,15-,16+,18-/m1/s1. The Morgan fingerprint density at radius 3 is 2.55 bits per heavy atom. The Kier molecular flexibility index (Phi) is 5.68. The number of nitrogens with one attached hydrogen (secondary N) is 2. The third-order valence-electron chi connectivity index (χ3n) is 5.88. The van der Waals surface area contributed by atoms with E-state index in [1.807, 2.05) is 4.90 Å². The highest BCUT2D eigenvalue weighted by Crippen LogP contribution is 2.33. The molecule has 1 aromatic rings. The molecule has 0 spiro atoms. The summed E-state index contributed by atoms with van der Waals surface area (Å²) in [4.78, 5) is 25.8. The van der Waals surface area contributed by atoms with Gasteiger partial charge in [-0.1, -0.05) is 0 Å². The molecule has 0 radical (unpaired) electrons. The van der Waals surface area contributed by atoms with Crippen molar-refractivity contribution in [3.63, 3.8) is 0 Å². The average Bonchev–Trinajstić information content (AvgIpc) is 3.13. The summed E-state index contributed by atoms with van der Waals surface area (Å²) >= 11 is 0. The van der Waals surface area contributed by atoms with Crippen molar-refractivity contribution < 1.29 is 28.6 Å². The second-order valence-electron chi connectivity index (χ2n) is 7.70. The zero-order chi connectivity index (χ0) is 20.5. The third-order valence-corrected chi connectivity index (χ3v) is 5.88. The summed E-state index contributed by atoms with van der Waals surface area (Å²) in [6.45, 7) is 1.42. The molecular weight excluding hydrogens is 383 g/mol. The molecule has 0 aromatic heterocycles. The maximum Gasteiger partial charge on any atom is 0.319 e. The number of hydrogen-bond donors (Lipinski definition) is 4. The molecule has 9 nitrogen and oxygen atoms in total. The molecule has 10 heteroatoms. The van der Waals surface area contributed by atoms with Crippen LogP contribution in [0.25, 0.3) is 0 Å².